The standard InChI is InChI=1S/C38H36N4O4/c1-39-15-11-21(12-16-39)19-41-35(43)27-7-3-23-25-5-9-29-34-30(38(46)42(37(29)45)20-22-13-17-40(2)18-14-22)10-6-26(32(25)34)24-4-8-28(36(41)44)33(27)31(23)24/h3-10,21-22H,11-20H2,1-2H3. The van der Waals surface area contributed by atoms with Gasteiger partial charge < -0.3 is 9.80 Å². The molecule has 2 saturated heterocycles. The van der Waals surface area contributed by atoms with Gasteiger partial charge in [0.1, 0.15) is 0 Å². The Bertz CT molecular complexity index is 1880. The van der Waals surface area contributed by atoms with Gasteiger partial charge in [-0.1, -0.05) is 24.3 Å². The third-order valence-corrected chi connectivity index (χ3v) is 11.4. The van der Waals surface area contributed by atoms with Crippen LogP contribution in [0.25, 0.3) is 43.1 Å². The van der Waals surface area contributed by atoms with Crippen LogP contribution in [0.15, 0.2) is 48.5 Å². The Labute approximate surface area is 266 Å². The van der Waals surface area contributed by atoms with Crippen LogP contribution in [0, 0.1) is 11.8 Å². The molecular formula is C38H36N4O4. The largest absolute Gasteiger partial charge is 0.306 e. The van der Waals surface area contributed by atoms with Gasteiger partial charge in [-0.2, -0.15) is 0 Å². The molecule has 4 amide bonds. The summed E-state index contributed by atoms with van der Waals surface area (Å²) < 4.78 is 0. The molecule has 4 aliphatic rings. The summed E-state index contributed by atoms with van der Waals surface area (Å²) in [6.07, 6.45) is 3.89. The normalized spacial score (nSPS) is 20.5. The predicted molar refractivity (Wildman–Crippen MR) is 179 cm³/mol. The fourth-order valence-corrected chi connectivity index (χ4v) is 8.71. The van der Waals surface area contributed by atoms with E-state index in [9.17, 15) is 19.2 Å². The minimum atomic E-state index is -0.225. The smallest absolute Gasteiger partial charge is 0.261 e. The van der Waals surface area contributed by atoms with Gasteiger partial charge in [-0.25, -0.2) is 0 Å². The van der Waals surface area contributed by atoms with Gasteiger partial charge in [-0.05, 0) is 134 Å². The van der Waals surface area contributed by atoms with E-state index < -0.39 is 0 Å². The van der Waals surface area contributed by atoms with Gasteiger partial charge in [0.25, 0.3) is 23.6 Å². The van der Waals surface area contributed by atoms with Crippen molar-refractivity contribution < 1.29 is 19.2 Å². The molecule has 9 rings (SSSR count). The Morgan fingerprint density at radius 3 is 1.02 bits per heavy atom. The molecule has 2 fully saturated rings. The Kier molecular flexibility index (Phi) is 6.09. The minimum Gasteiger partial charge on any atom is -0.306 e. The van der Waals surface area contributed by atoms with Crippen LogP contribution < -0.4 is 0 Å². The van der Waals surface area contributed by atoms with Crippen molar-refractivity contribution in [3.63, 3.8) is 0 Å². The van der Waals surface area contributed by atoms with Crippen LogP contribution in [-0.2, 0) is 0 Å². The van der Waals surface area contributed by atoms with Crippen molar-refractivity contribution in [1.82, 2.24) is 19.6 Å². The third-order valence-electron chi connectivity index (χ3n) is 11.4. The molecule has 0 aromatic heterocycles. The molecule has 232 valence electrons. The Morgan fingerprint density at radius 1 is 0.457 bits per heavy atom. The molecule has 5 aromatic rings. The molecule has 0 spiro atoms. The van der Waals surface area contributed by atoms with Crippen LogP contribution in [-0.4, -0.2) is 96.6 Å². The van der Waals surface area contributed by atoms with E-state index in [1.54, 1.807) is 0 Å². The van der Waals surface area contributed by atoms with E-state index in [0.717, 1.165) is 84.2 Å². The number of benzene rings is 5. The number of likely N-dealkylation sites (tertiary alicyclic amines) is 2. The number of rotatable bonds is 4. The SMILES string of the molecule is CN1CCC(CN2C(=O)c3ccc4c5ccc6c7c(ccc(c8ccc(c3c48)C2=O)c75)C(=O)N(CC2CCN(C)CC2)C6=O)CC1. The number of hydrogen-bond acceptors (Lipinski definition) is 6. The second-order valence-corrected chi connectivity index (χ2v) is 14.1. The van der Waals surface area contributed by atoms with Crippen LogP contribution in [0.1, 0.15) is 67.1 Å². The highest BCUT2D eigenvalue weighted by Gasteiger charge is 2.38. The van der Waals surface area contributed by atoms with Crippen molar-refractivity contribution in [1.29, 1.82) is 0 Å². The molecule has 0 saturated carbocycles. The number of carbonyl (C=O) groups is 4. The third kappa shape index (κ3) is 3.86. The lowest BCUT2D eigenvalue weighted by molar-refractivity contribution is 0.0546. The van der Waals surface area contributed by atoms with Crippen LogP contribution in [0.3, 0.4) is 0 Å². The quantitative estimate of drug-likeness (QED) is 0.149. The van der Waals surface area contributed by atoms with E-state index in [2.05, 4.69) is 23.9 Å². The summed E-state index contributed by atoms with van der Waals surface area (Å²) >= 11 is 0. The minimum absolute atomic E-state index is 0.225. The molecule has 0 N–H and O–H groups in total. The van der Waals surface area contributed by atoms with Gasteiger partial charge in [0.15, 0.2) is 0 Å². The first kappa shape index (κ1) is 27.9. The second kappa shape index (κ2) is 10.0. The molecule has 8 heteroatoms. The molecule has 46 heavy (non-hydrogen) atoms. The van der Waals surface area contributed by atoms with Crippen molar-refractivity contribution in [2.45, 2.75) is 25.7 Å². The lowest BCUT2D eigenvalue weighted by Gasteiger charge is -2.35. The average Bonchev–Trinajstić information content (AvgIpc) is 3.07. The number of fused-ring (bicyclic) bond motifs is 2. The van der Waals surface area contributed by atoms with Crippen LogP contribution in [0.5, 0.6) is 0 Å². The van der Waals surface area contributed by atoms with Crippen LogP contribution in [0.4, 0.5) is 0 Å². The summed E-state index contributed by atoms with van der Waals surface area (Å²) in [5.41, 5.74) is 2.25. The molecule has 0 radical (unpaired) electrons. The Hall–Kier alpha value is -4.40. The highest BCUT2D eigenvalue weighted by molar-refractivity contribution is 6.41. The zero-order valence-corrected chi connectivity index (χ0v) is 26.3. The Morgan fingerprint density at radius 2 is 0.739 bits per heavy atom. The summed E-state index contributed by atoms with van der Waals surface area (Å²) in [4.78, 5) is 63.2. The van der Waals surface area contributed by atoms with Crippen molar-refractivity contribution in [3.05, 3.63) is 70.8 Å². The van der Waals surface area contributed by atoms with Gasteiger partial charge >= 0.3 is 0 Å². The van der Waals surface area contributed by atoms with E-state index in [4.69, 9.17) is 0 Å². The fraction of sp³-hybridized carbons (Fsp3) is 0.368. The molecule has 4 aliphatic heterocycles. The lowest BCUT2D eigenvalue weighted by Crippen LogP contribution is -2.45. The monoisotopic (exact) mass is 612 g/mol. The molecule has 5 aromatic carbocycles. The summed E-state index contributed by atoms with van der Waals surface area (Å²) in [7, 11) is 4.22. The molecule has 8 nitrogen and oxygen atoms in total. The first-order valence-corrected chi connectivity index (χ1v) is 16.6. The topological polar surface area (TPSA) is 81.2 Å². The first-order chi connectivity index (χ1) is 22.3. The van der Waals surface area contributed by atoms with Crippen molar-refractivity contribution in [2.75, 3.05) is 53.4 Å². The summed E-state index contributed by atoms with van der Waals surface area (Å²) in [5.74, 6) is -0.297. The Balaban J connectivity index is 1.17. The molecule has 0 atom stereocenters. The van der Waals surface area contributed by atoms with Crippen molar-refractivity contribution in [2.24, 2.45) is 11.8 Å². The zero-order valence-electron chi connectivity index (χ0n) is 26.3. The van der Waals surface area contributed by atoms with Gasteiger partial charge in [0.05, 0.1) is 0 Å². The maximum atomic E-state index is 13.9. The van der Waals surface area contributed by atoms with Crippen LogP contribution >= 0.6 is 0 Å². The first-order valence-electron chi connectivity index (χ1n) is 16.6. The molecular weight excluding hydrogens is 576 g/mol. The highest BCUT2D eigenvalue weighted by Crippen LogP contribution is 2.46. The van der Waals surface area contributed by atoms with E-state index in [1.807, 2.05) is 48.5 Å². The number of imide groups is 2. The zero-order chi connectivity index (χ0) is 31.4. The van der Waals surface area contributed by atoms with E-state index in [0.29, 0.717) is 58.0 Å². The lowest BCUT2D eigenvalue weighted by atomic mass is 9.82. The predicted octanol–water partition coefficient (Wildman–Crippen LogP) is 5.61. The van der Waals surface area contributed by atoms with Crippen LogP contribution in [0.2, 0.25) is 0 Å². The van der Waals surface area contributed by atoms with Gasteiger partial charge in [0, 0.05) is 46.1 Å². The average molecular weight is 613 g/mol. The summed E-state index contributed by atoms with van der Waals surface area (Å²) in [5, 5.41) is 6.89. The number of piperidine rings is 2. The highest BCUT2D eigenvalue weighted by atomic mass is 16.2. The number of carbonyl (C=O) groups excluding carboxylic acids is 4. The number of hydrogen-bond donors (Lipinski definition) is 0. The second-order valence-electron chi connectivity index (χ2n) is 14.1. The van der Waals surface area contributed by atoms with E-state index in [-0.39, 0.29) is 23.6 Å². The van der Waals surface area contributed by atoms with Gasteiger partial charge in [-0.3, -0.25) is 29.0 Å². The summed E-state index contributed by atoms with van der Waals surface area (Å²) in [6.45, 7) is 4.79. The molecule has 0 unspecified atom stereocenters. The van der Waals surface area contributed by atoms with E-state index in [1.165, 1.54) is 9.80 Å². The van der Waals surface area contributed by atoms with Crippen molar-refractivity contribution in [3.8, 4) is 0 Å². The van der Waals surface area contributed by atoms with E-state index >= 15 is 0 Å². The van der Waals surface area contributed by atoms with Crippen molar-refractivity contribution >= 4 is 66.7 Å². The maximum Gasteiger partial charge on any atom is 0.261 e. The number of nitrogens with zero attached hydrogens (tertiary/aromatic N) is 4. The maximum absolute atomic E-state index is 13.9. The van der Waals surface area contributed by atoms with Gasteiger partial charge in [0.2, 0.25) is 0 Å². The molecule has 0 bridgehead atoms. The molecule has 0 aliphatic carbocycles. The van der Waals surface area contributed by atoms with Gasteiger partial charge in [-0.15, -0.1) is 0 Å². The summed E-state index contributed by atoms with van der Waals surface area (Å²) in [6, 6.07) is 15.4. The molecule has 4 heterocycles. The number of amides is 4. The fourth-order valence-electron chi connectivity index (χ4n) is 8.71.